The highest BCUT2D eigenvalue weighted by atomic mass is 32.2. The van der Waals surface area contributed by atoms with Crippen molar-refractivity contribution in [1.29, 1.82) is 0 Å². The van der Waals surface area contributed by atoms with Gasteiger partial charge in [0, 0.05) is 12.6 Å². The smallest absolute Gasteiger partial charge is 0.264 e. The van der Waals surface area contributed by atoms with Gasteiger partial charge >= 0.3 is 0 Å². The molecule has 0 bridgehead atoms. The number of benzene rings is 3. The van der Waals surface area contributed by atoms with E-state index in [9.17, 15) is 18.0 Å². The zero-order valence-corrected chi connectivity index (χ0v) is 24.6. The molecule has 0 heterocycles. The van der Waals surface area contributed by atoms with Crippen LogP contribution in [-0.4, -0.2) is 50.4 Å². The monoisotopic (exact) mass is 565 g/mol. The number of nitrogens with zero attached hydrogens (tertiary/aromatic N) is 2. The van der Waals surface area contributed by atoms with Crippen molar-refractivity contribution >= 4 is 27.5 Å². The SMILES string of the molecule is CCOc1ccc(N(CC(=O)N(Cc2cccc(C)c2)[C@H](C)C(=O)N[C@H](C)CC)S(=O)(=O)c2ccccc2)cc1. The molecule has 0 aliphatic heterocycles. The molecule has 0 fully saturated rings. The van der Waals surface area contributed by atoms with Gasteiger partial charge in [0.25, 0.3) is 10.0 Å². The number of anilines is 1. The molecule has 1 N–H and O–H groups in total. The summed E-state index contributed by atoms with van der Waals surface area (Å²) < 4.78 is 34.3. The van der Waals surface area contributed by atoms with Crippen molar-refractivity contribution in [3.63, 3.8) is 0 Å². The molecule has 3 rings (SSSR count). The van der Waals surface area contributed by atoms with Gasteiger partial charge in [-0.3, -0.25) is 13.9 Å². The van der Waals surface area contributed by atoms with Gasteiger partial charge in [0.15, 0.2) is 0 Å². The Balaban J connectivity index is 2.01. The van der Waals surface area contributed by atoms with E-state index in [-0.39, 0.29) is 23.4 Å². The number of carbonyl (C=O) groups excluding carboxylic acids is 2. The Labute approximate surface area is 238 Å². The maximum atomic E-state index is 14.0. The maximum Gasteiger partial charge on any atom is 0.264 e. The van der Waals surface area contributed by atoms with E-state index in [0.29, 0.717) is 18.0 Å². The Morgan fingerprint density at radius 1 is 0.925 bits per heavy atom. The quantitative estimate of drug-likeness (QED) is 0.317. The fraction of sp³-hybridized carbons (Fsp3) is 0.355. The zero-order valence-electron chi connectivity index (χ0n) is 23.8. The molecule has 0 saturated carbocycles. The summed E-state index contributed by atoms with van der Waals surface area (Å²) in [5.41, 5.74) is 2.17. The summed E-state index contributed by atoms with van der Waals surface area (Å²) in [5.74, 6) is -0.207. The maximum absolute atomic E-state index is 14.0. The number of nitrogens with one attached hydrogen (secondary N) is 1. The number of hydrogen-bond acceptors (Lipinski definition) is 5. The Morgan fingerprint density at radius 3 is 2.20 bits per heavy atom. The van der Waals surface area contributed by atoms with Crippen LogP contribution in [0.3, 0.4) is 0 Å². The highest BCUT2D eigenvalue weighted by Crippen LogP contribution is 2.26. The average Bonchev–Trinajstić information content (AvgIpc) is 2.95. The molecule has 0 spiro atoms. The van der Waals surface area contributed by atoms with E-state index in [1.54, 1.807) is 49.4 Å². The van der Waals surface area contributed by atoms with Crippen LogP contribution in [0.5, 0.6) is 5.75 Å². The number of hydrogen-bond donors (Lipinski definition) is 1. The lowest BCUT2D eigenvalue weighted by atomic mass is 10.1. The molecule has 2 amide bonds. The van der Waals surface area contributed by atoms with Gasteiger partial charge in [0.05, 0.1) is 17.2 Å². The molecule has 0 aliphatic rings. The molecule has 3 aromatic rings. The van der Waals surface area contributed by atoms with Crippen LogP contribution in [-0.2, 0) is 26.2 Å². The topological polar surface area (TPSA) is 96.0 Å². The highest BCUT2D eigenvalue weighted by Gasteiger charge is 2.32. The number of ether oxygens (including phenoxy) is 1. The van der Waals surface area contributed by atoms with E-state index in [2.05, 4.69) is 5.32 Å². The van der Waals surface area contributed by atoms with Crippen molar-refractivity contribution in [3.05, 3.63) is 90.0 Å². The number of amides is 2. The summed E-state index contributed by atoms with van der Waals surface area (Å²) in [7, 11) is -4.11. The predicted octanol–water partition coefficient (Wildman–Crippen LogP) is 4.92. The summed E-state index contributed by atoms with van der Waals surface area (Å²) in [4.78, 5) is 28.6. The number of rotatable bonds is 13. The molecular formula is C31H39N3O5S. The van der Waals surface area contributed by atoms with Crippen LogP contribution in [0.4, 0.5) is 5.69 Å². The Bertz CT molecular complexity index is 1380. The minimum atomic E-state index is -4.11. The standard InChI is InChI=1S/C31H39N3O5S/c1-6-24(4)32-31(36)25(5)33(21-26-13-11-12-23(3)20-26)30(35)22-34(27-16-18-28(19-17-27)39-7-2)40(37,38)29-14-9-8-10-15-29/h8-20,24-25H,6-7,21-22H2,1-5H3,(H,32,36)/t24-,25-/m1/s1. The largest absolute Gasteiger partial charge is 0.494 e. The van der Waals surface area contributed by atoms with Gasteiger partial charge in [0.1, 0.15) is 18.3 Å². The first kappa shape index (κ1) is 30.7. The van der Waals surface area contributed by atoms with E-state index < -0.39 is 28.5 Å². The first-order chi connectivity index (χ1) is 19.1. The summed E-state index contributed by atoms with van der Waals surface area (Å²) in [6.07, 6.45) is 0.741. The highest BCUT2D eigenvalue weighted by molar-refractivity contribution is 7.92. The van der Waals surface area contributed by atoms with E-state index in [1.807, 2.05) is 52.0 Å². The van der Waals surface area contributed by atoms with Crippen molar-refractivity contribution in [3.8, 4) is 5.75 Å². The first-order valence-electron chi connectivity index (χ1n) is 13.5. The molecular weight excluding hydrogens is 526 g/mol. The van der Waals surface area contributed by atoms with Crippen molar-refractivity contribution < 1.29 is 22.7 Å². The second-order valence-electron chi connectivity index (χ2n) is 9.76. The molecule has 0 unspecified atom stereocenters. The van der Waals surface area contributed by atoms with Gasteiger partial charge in [-0.05, 0) is 76.1 Å². The van der Waals surface area contributed by atoms with E-state index in [4.69, 9.17) is 4.74 Å². The molecule has 9 heteroatoms. The molecule has 0 aromatic heterocycles. The number of sulfonamides is 1. The van der Waals surface area contributed by atoms with Crippen molar-refractivity contribution in [2.24, 2.45) is 0 Å². The minimum Gasteiger partial charge on any atom is -0.494 e. The molecule has 0 saturated heterocycles. The van der Waals surface area contributed by atoms with E-state index in [1.165, 1.54) is 17.0 Å². The van der Waals surface area contributed by atoms with Gasteiger partial charge in [-0.15, -0.1) is 0 Å². The third kappa shape index (κ3) is 7.85. The third-order valence-corrected chi connectivity index (χ3v) is 8.44. The second-order valence-corrected chi connectivity index (χ2v) is 11.6. The molecule has 8 nitrogen and oxygen atoms in total. The predicted molar refractivity (Wildman–Crippen MR) is 158 cm³/mol. The molecule has 2 atom stereocenters. The van der Waals surface area contributed by atoms with Crippen LogP contribution >= 0.6 is 0 Å². The second kappa shape index (κ2) is 14.0. The molecule has 214 valence electrons. The normalized spacial score (nSPS) is 12.7. The fourth-order valence-electron chi connectivity index (χ4n) is 4.18. The molecule has 40 heavy (non-hydrogen) atoms. The number of aryl methyl sites for hydroxylation is 1. The van der Waals surface area contributed by atoms with Crippen LogP contribution in [0, 0.1) is 6.92 Å². The summed E-state index contributed by atoms with van der Waals surface area (Å²) in [6, 6.07) is 21.3. The van der Waals surface area contributed by atoms with Crippen molar-refractivity contribution in [1.82, 2.24) is 10.2 Å². The van der Waals surface area contributed by atoms with Crippen LogP contribution < -0.4 is 14.4 Å². The zero-order chi connectivity index (χ0) is 29.3. The van der Waals surface area contributed by atoms with E-state index >= 15 is 0 Å². The lowest BCUT2D eigenvalue weighted by Crippen LogP contribution is -2.52. The lowest BCUT2D eigenvalue weighted by Gasteiger charge is -2.32. The fourth-order valence-corrected chi connectivity index (χ4v) is 5.61. The van der Waals surface area contributed by atoms with Crippen LogP contribution in [0.15, 0.2) is 83.8 Å². The summed E-state index contributed by atoms with van der Waals surface area (Å²) in [5, 5.41) is 2.94. The molecule has 3 aromatic carbocycles. The summed E-state index contributed by atoms with van der Waals surface area (Å²) in [6.45, 7) is 9.48. The van der Waals surface area contributed by atoms with Crippen LogP contribution in [0.2, 0.25) is 0 Å². The number of carbonyl (C=O) groups is 2. The Kier molecular flexibility index (Phi) is 10.7. The minimum absolute atomic E-state index is 0.0597. The molecule has 0 radical (unpaired) electrons. The lowest BCUT2D eigenvalue weighted by molar-refractivity contribution is -0.139. The van der Waals surface area contributed by atoms with Crippen LogP contribution in [0.1, 0.15) is 45.2 Å². The van der Waals surface area contributed by atoms with Gasteiger partial charge < -0.3 is 15.0 Å². The van der Waals surface area contributed by atoms with Gasteiger partial charge in [-0.2, -0.15) is 0 Å². The van der Waals surface area contributed by atoms with Crippen LogP contribution in [0.25, 0.3) is 0 Å². The molecule has 0 aliphatic carbocycles. The Hall–Kier alpha value is -3.85. The van der Waals surface area contributed by atoms with Crippen molar-refractivity contribution in [2.75, 3.05) is 17.5 Å². The van der Waals surface area contributed by atoms with Gasteiger partial charge in [0.2, 0.25) is 11.8 Å². The van der Waals surface area contributed by atoms with E-state index in [0.717, 1.165) is 21.9 Å². The summed E-state index contributed by atoms with van der Waals surface area (Å²) >= 11 is 0. The average molecular weight is 566 g/mol. The van der Waals surface area contributed by atoms with Crippen molar-refractivity contribution in [2.45, 2.75) is 64.6 Å². The Morgan fingerprint density at radius 2 is 1.60 bits per heavy atom. The first-order valence-corrected chi connectivity index (χ1v) is 15.0. The third-order valence-electron chi connectivity index (χ3n) is 6.65. The van der Waals surface area contributed by atoms with Gasteiger partial charge in [-0.1, -0.05) is 55.0 Å². The van der Waals surface area contributed by atoms with Gasteiger partial charge in [-0.25, -0.2) is 8.42 Å².